The molecule has 1 unspecified atom stereocenters. The Morgan fingerprint density at radius 2 is 2.00 bits per heavy atom. The third kappa shape index (κ3) is 6.89. The van der Waals surface area contributed by atoms with E-state index in [1.807, 2.05) is 0 Å². The summed E-state index contributed by atoms with van der Waals surface area (Å²) in [5.74, 6) is -0.218. The molecule has 0 spiro atoms. The fourth-order valence-corrected chi connectivity index (χ4v) is 1.29. The summed E-state index contributed by atoms with van der Waals surface area (Å²) in [7, 11) is 0. The zero-order valence-corrected chi connectivity index (χ0v) is 9.51. The summed E-state index contributed by atoms with van der Waals surface area (Å²) in [4.78, 5) is 11.0. The highest BCUT2D eigenvalue weighted by atomic mass is 16.5. The van der Waals surface area contributed by atoms with E-state index in [-0.39, 0.29) is 5.97 Å². The number of esters is 1. The lowest BCUT2D eigenvalue weighted by molar-refractivity contribution is -0.144. The molecule has 1 atom stereocenters. The fraction of sp³-hybridized carbons (Fsp3) is 0.909. The van der Waals surface area contributed by atoms with E-state index in [4.69, 9.17) is 4.74 Å². The number of ether oxygens (including phenoxy) is 1. The molecule has 0 aliphatic heterocycles. The number of unbranched alkanes of at least 4 members (excludes halogenated alkanes) is 1. The van der Waals surface area contributed by atoms with Crippen LogP contribution in [0.1, 0.15) is 52.9 Å². The molecule has 0 saturated carbocycles. The molecule has 0 aromatic rings. The van der Waals surface area contributed by atoms with Gasteiger partial charge in [0.05, 0.1) is 12.2 Å². The lowest BCUT2D eigenvalue weighted by atomic mass is 9.94. The summed E-state index contributed by atoms with van der Waals surface area (Å²) in [6, 6.07) is 0. The number of hydrogen-bond donors (Lipinski definition) is 1. The van der Waals surface area contributed by atoms with Gasteiger partial charge in [-0.2, -0.15) is 0 Å². The van der Waals surface area contributed by atoms with E-state index in [1.165, 1.54) is 0 Å². The maximum atomic E-state index is 11.0. The van der Waals surface area contributed by atoms with Gasteiger partial charge in [-0.15, -0.1) is 0 Å². The van der Waals surface area contributed by atoms with Gasteiger partial charge in [0.2, 0.25) is 0 Å². The molecule has 0 aromatic carbocycles. The largest absolute Gasteiger partial charge is 0.466 e. The Labute approximate surface area is 86.5 Å². The minimum atomic E-state index is -0.719. The predicted octanol–water partition coefficient (Wildman–Crippen LogP) is 2.27. The van der Waals surface area contributed by atoms with Gasteiger partial charge in [0.15, 0.2) is 0 Å². The van der Waals surface area contributed by atoms with Crippen molar-refractivity contribution in [2.45, 2.75) is 58.5 Å². The highest BCUT2D eigenvalue weighted by molar-refractivity contribution is 5.69. The van der Waals surface area contributed by atoms with Crippen molar-refractivity contribution >= 4 is 5.97 Å². The van der Waals surface area contributed by atoms with Gasteiger partial charge in [-0.1, -0.05) is 19.8 Å². The Hall–Kier alpha value is -0.570. The first-order chi connectivity index (χ1) is 6.52. The van der Waals surface area contributed by atoms with Crippen LogP contribution in [-0.4, -0.2) is 23.3 Å². The predicted molar refractivity (Wildman–Crippen MR) is 56.0 cm³/mol. The summed E-state index contributed by atoms with van der Waals surface area (Å²) < 4.78 is 4.79. The summed E-state index contributed by atoms with van der Waals surface area (Å²) in [6.45, 7) is 6.06. The number of aliphatic hydroxyl groups is 1. The second kappa shape index (κ2) is 6.82. The molecule has 0 amide bonds. The molecule has 0 heterocycles. The third-order valence-electron chi connectivity index (χ3n) is 2.24. The molecule has 3 nitrogen and oxygen atoms in total. The first kappa shape index (κ1) is 13.4. The van der Waals surface area contributed by atoms with E-state index in [0.717, 1.165) is 19.3 Å². The van der Waals surface area contributed by atoms with Crippen LogP contribution < -0.4 is 0 Å². The van der Waals surface area contributed by atoms with Gasteiger partial charge < -0.3 is 9.84 Å². The smallest absolute Gasteiger partial charge is 0.305 e. The molecule has 0 aliphatic carbocycles. The summed E-state index contributed by atoms with van der Waals surface area (Å²) in [6.07, 6.45) is 3.62. The highest BCUT2D eigenvalue weighted by Gasteiger charge is 2.20. The molecule has 0 bridgehead atoms. The Kier molecular flexibility index (Phi) is 6.54. The van der Waals surface area contributed by atoms with Crippen LogP contribution in [0.4, 0.5) is 0 Å². The van der Waals surface area contributed by atoms with Gasteiger partial charge in [-0.25, -0.2) is 0 Å². The third-order valence-corrected chi connectivity index (χ3v) is 2.24. The number of hydrogen-bond acceptors (Lipinski definition) is 3. The van der Waals surface area contributed by atoms with Crippen LogP contribution in [0.5, 0.6) is 0 Å². The Bertz CT molecular complexity index is 164. The van der Waals surface area contributed by atoms with Crippen LogP contribution >= 0.6 is 0 Å². The van der Waals surface area contributed by atoms with Crippen molar-refractivity contribution in [1.82, 2.24) is 0 Å². The van der Waals surface area contributed by atoms with E-state index in [0.29, 0.717) is 19.4 Å². The lowest BCUT2D eigenvalue weighted by Gasteiger charge is -2.22. The van der Waals surface area contributed by atoms with E-state index in [2.05, 4.69) is 6.92 Å². The van der Waals surface area contributed by atoms with Crippen molar-refractivity contribution in [3.8, 4) is 0 Å². The molecule has 3 heteroatoms. The fourth-order valence-electron chi connectivity index (χ4n) is 1.29. The maximum Gasteiger partial charge on any atom is 0.305 e. The Balaban J connectivity index is 3.68. The first-order valence-electron chi connectivity index (χ1n) is 5.40. The summed E-state index contributed by atoms with van der Waals surface area (Å²) in [5.41, 5.74) is -0.719. The van der Waals surface area contributed by atoms with Crippen molar-refractivity contribution in [2.75, 3.05) is 6.61 Å². The van der Waals surface area contributed by atoms with Gasteiger partial charge in [0.25, 0.3) is 0 Å². The van der Waals surface area contributed by atoms with Crippen LogP contribution in [0.3, 0.4) is 0 Å². The van der Waals surface area contributed by atoms with Crippen LogP contribution in [0.15, 0.2) is 0 Å². The number of carbonyl (C=O) groups excluding carboxylic acids is 1. The summed E-state index contributed by atoms with van der Waals surface area (Å²) in [5, 5.41) is 9.85. The van der Waals surface area contributed by atoms with Crippen LogP contribution in [0.2, 0.25) is 0 Å². The van der Waals surface area contributed by atoms with E-state index < -0.39 is 5.60 Å². The zero-order chi connectivity index (χ0) is 11.0. The molecule has 0 saturated heterocycles. The topological polar surface area (TPSA) is 46.5 Å². The van der Waals surface area contributed by atoms with Crippen LogP contribution in [-0.2, 0) is 9.53 Å². The maximum absolute atomic E-state index is 11.0. The van der Waals surface area contributed by atoms with Crippen molar-refractivity contribution in [3.63, 3.8) is 0 Å². The standard InChI is InChI=1S/C11H22O3/c1-4-6-8-11(3,13)9-7-10(12)14-5-2/h13H,4-9H2,1-3H3. The summed E-state index contributed by atoms with van der Waals surface area (Å²) >= 11 is 0. The molecular weight excluding hydrogens is 180 g/mol. The molecule has 14 heavy (non-hydrogen) atoms. The Morgan fingerprint density at radius 1 is 1.36 bits per heavy atom. The molecule has 0 rings (SSSR count). The molecule has 0 radical (unpaired) electrons. The quantitative estimate of drug-likeness (QED) is 0.644. The molecule has 0 aromatic heterocycles. The molecule has 1 N–H and O–H groups in total. The van der Waals surface area contributed by atoms with Gasteiger partial charge in [0, 0.05) is 6.42 Å². The van der Waals surface area contributed by atoms with Crippen molar-refractivity contribution in [1.29, 1.82) is 0 Å². The molecule has 84 valence electrons. The second-order valence-corrected chi connectivity index (χ2v) is 3.91. The molecule has 0 fully saturated rings. The van der Waals surface area contributed by atoms with Gasteiger partial charge >= 0.3 is 5.97 Å². The van der Waals surface area contributed by atoms with Crippen LogP contribution in [0.25, 0.3) is 0 Å². The van der Waals surface area contributed by atoms with E-state index >= 15 is 0 Å². The monoisotopic (exact) mass is 202 g/mol. The van der Waals surface area contributed by atoms with E-state index in [1.54, 1.807) is 13.8 Å². The highest BCUT2D eigenvalue weighted by Crippen LogP contribution is 2.19. The van der Waals surface area contributed by atoms with Crippen LogP contribution in [0, 0.1) is 0 Å². The normalized spacial score (nSPS) is 14.9. The van der Waals surface area contributed by atoms with Gasteiger partial charge in [-0.05, 0) is 26.7 Å². The first-order valence-corrected chi connectivity index (χ1v) is 5.40. The van der Waals surface area contributed by atoms with Crippen molar-refractivity contribution < 1.29 is 14.6 Å². The zero-order valence-electron chi connectivity index (χ0n) is 9.51. The minimum Gasteiger partial charge on any atom is -0.466 e. The Morgan fingerprint density at radius 3 is 2.50 bits per heavy atom. The SMILES string of the molecule is CCCCC(C)(O)CCC(=O)OCC. The van der Waals surface area contributed by atoms with Gasteiger partial charge in [0.1, 0.15) is 0 Å². The van der Waals surface area contributed by atoms with Crippen molar-refractivity contribution in [3.05, 3.63) is 0 Å². The van der Waals surface area contributed by atoms with E-state index in [9.17, 15) is 9.90 Å². The average Bonchev–Trinajstić information content (AvgIpc) is 2.13. The lowest BCUT2D eigenvalue weighted by Crippen LogP contribution is -2.25. The molecule has 0 aliphatic rings. The number of rotatable bonds is 7. The average molecular weight is 202 g/mol. The van der Waals surface area contributed by atoms with Crippen molar-refractivity contribution in [2.24, 2.45) is 0 Å². The minimum absolute atomic E-state index is 0.218. The molecular formula is C11H22O3. The number of carbonyl (C=O) groups is 1. The second-order valence-electron chi connectivity index (χ2n) is 3.91. The van der Waals surface area contributed by atoms with Gasteiger partial charge in [-0.3, -0.25) is 4.79 Å².